The molecule has 1 fully saturated rings. The molecular weight excluding hydrogens is 268 g/mol. The molecule has 5 heteroatoms. The molecule has 5 nitrogen and oxygen atoms in total. The third-order valence-corrected chi connectivity index (χ3v) is 3.96. The molecule has 0 saturated carbocycles. The first-order valence-corrected chi connectivity index (χ1v) is 7.37. The average Bonchev–Trinajstić information content (AvgIpc) is 2.95. The first-order valence-electron chi connectivity index (χ1n) is 7.37. The van der Waals surface area contributed by atoms with Crippen molar-refractivity contribution in [3.05, 3.63) is 35.9 Å². The van der Waals surface area contributed by atoms with Crippen LogP contribution in [0.1, 0.15) is 18.9 Å². The number of nitrogens with two attached hydrogens (primary N) is 1. The van der Waals surface area contributed by atoms with Crippen molar-refractivity contribution in [1.29, 1.82) is 0 Å². The first kappa shape index (κ1) is 15.9. The molecule has 2 rings (SSSR count). The van der Waals surface area contributed by atoms with Crippen LogP contribution in [0.25, 0.3) is 0 Å². The zero-order valence-electron chi connectivity index (χ0n) is 12.7. The molecule has 0 spiro atoms. The Morgan fingerprint density at radius 2 is 2.14 bits per heavy atom. The Hall–Kier alpha value is -1.43. The van der Waals surface area contributed by atoms with Crippen molar-refractivity contribution in [2.75, 3.05) is 33.4 Å². The lowest BCUT2D eigenvalue weighted by molar-refractivity contribution is -0.151. The van der Waals surface area contributed by atoms with Gasteiger partial charge >= 0.3 is 5.97 Å². The lowest BCUT2D eigenvalue weighted by Gasteiger charge is -2.31. The number of likely N-dealkylation sites (tertiary alicyclic amines) is 1. The highest BCUT2D eigenvalue weighted by Gasteiger charge is 2.40. The molecule has 2 N–H and O–H groups in total. The van der Waals surface area contributed by atoms with Gasteiger partial charge in [-0.05, 0) is 18.9 Å². The summed E-state index contributed by atoms with van der Waals surface area (Å²) in [7, 11) is 1.71. The van der Waals surface area contributed by atoms with Crippen LogP contribution in [0.4, 0.5) is 0 Å². The molecule has 1 aliphatic heterocycles. The summed E-state index contributed by atoms with van der Waals surface area (Å²) in [6.07, 6.45) is 1.18. The summed E-state index contributed by atoms with van der Waals surface area (Å²) in [5.74, 6) is -0.378. The number of ether oxygens (including phenoxy) is 2. The Morgan fingerprint density at radius 1 is 1.43 bits per heavy atom. The van der Waals surface area contributed by atoms with Crippen molar-refractivity contribution < 1.29 is 14.3 Å². The van der Waals surface area contributed by atoms with Crippen molar-refractivity contribution in [1.82, 2.24) is 4.90 Å². The summed E-state index contributed by atoms with van der Waals surface area (Å²) in [6, 6.07) is 9.43. The molecule has 0 bridgehead atoms. The lowest BCUT2D eigenvalue weighted by atomic mass is 9.90. The van der Waals surface area contributed by atoms with Crippen LogP contribution in [0.2, 0.25) is 0 Å². The third-order valence-electron chi connectivity index (χ3n) is 3.96. The number of esters is 1. The van der Waals surface area contributed by atoms with E-state index in [0.717, 1.165) is 25.1 Å². The minimum absolute atomic E-state index is 0.215. The zero-order valence-corrected chi connectivity index (χ0v) is 12.7. The molecule has 0 radical (unpaired) electrons. The van der Waals surface area contributed by atoms with Gasteiger partial charge in [0.05, 0.1) is 12.7 Å². The molecule has 0 amide bonds. The lowest BCUT2D eigenvalue weighted by Crippen LogP contribution is -2.54. The fraction of sp³-hybridized carbons (Fsp3) is 0.562. The molecule has 2 atom stereocenters. The van der Waals surface area contributed by atoms with Gasteiger partial charge in [-0.15, -0.1) is 0 Å². The van der Waals surface area contributed by atoms with Crippen molar-refractivity contribution in [2.45, 2.75) is 25.0 Å². The van der Waals surface area contributed by atoms with Gasteiger partial charge in [0.2, 0.25) is 0 Å². The minimum Gasteiger partial charge on any atom is -0.464 e. The second-order valence-electron chi connectivity index (χ2n) is 5.44. The van der Waals surface area contributed by atoms with Crippen LogP contribution in [-0.2, 0) is 19.8 Å². The van der Waals surface area contributed by atoms with Crippen LogP contribution in [0, 0.1) is 0 Å². The predicted octanol–water partition coefficient (Wildman–Crippen LogP) is 1.12. The molecule has 1 aromatic rings. The number of carbonyl (C=O) groups is 1. The summed E-state index contributed by atoms with van der Waals surface area (Å²) in [5.41, 5.74) is 6.10. The average molecular weight is 292 g/mol. The van der Waals surface area contributed by atoms with Gasteiger partial charge in [-0.1, -0.05) is 30.3 Å². The fourth-order valence-electron chi connectivity index (χ4n) is 2.75. The number of nitrogens with zero attached hydrogens (tertiary/aromatic N) is 1. The molecule has 1 heterocycles. The van der Waals surface area contributed by atoms with E-state index in [-0.39, 0.29) is 12.1 Å². The highest BCUT2D eigenvalue weighted by atomic mass is 16.5. The van der Waals surface area contributed by atoms with Gasteiger partial charge < -0.3 is 15.2 Å². The Labute approximate surface area is 126 Å². The monoisotopic (exact) mass is 292 g/mol. The zero-order chi connectivity index (χ0) is 15.3. The highest BCUT2D eigenvalue weighted by Crippen LogP contribution is 2.24. The molecule has 0 aromatic heterocycles. The molecule has 2 unspecified atom stereocenters. The molecule has 116 valence electrons. The third kappa shape index (κ3) is 3.61. The number of hydrogen-bond acceptors (Lipinski definition) is 5. The number of rotatable bonds is 6. The van der Waals surface area contributed by atoms with Gasteiger partial charge in [-0.3, -0.25) is 4.90 Å². The summed E-state index contributed by atoms with van der Waals surface area (Å²) in [5, 5.41) is 0. The fourth-order valence-corrected chi connectivity index (χ4v) is 2.75. The number of hydrogen-bond donors (Lipinski definition) is 1. The van der Waals surface area contributed by atoms with Crippen molar-refractivity contribution in [3.63, 3.8) is 0 Å². The van der Waals surface area contributed by atoms with Crippen LogP contribution >= 0.6 is 0 Å². The number of benzene rings is 1. The van der Waals surface area contributed by atoms with E-state index >= 15 is 0 Å². The van der Waals surface area contributed by atoms with E-state index in [0.29, 0.717) is 13.2 Å². The summed E-state index contributed by atoms with van der Waals surface area (Å²) >= 11 is 0. The van der Waals surface area contributed by atoms with Crippen LogP contribution in [0.3, 0.4) is 0 Å². The van der Waals surface area contributed by atoms with Gasteiger partial charge in [0.15, 0.2) is 5.54 Å². The number of carbonyl (C=O) groups excluding carboxylic acids is 1. The molecule has 21 heavy (non-hydrogen) atoms. The van der Waals surface area contributed by atoms with Gasteiger partial charge in [-0.25, -0.2) is 4.79 Å². The summed E-state index contributed by atoms with van der Waals surface area (Å²) in [4.78, 5) is 14.6. The van der Waals surface area contributed by atoms with Crippen LogP contribution in [-0.4, -0.2) is 50.3 Å². The minimum atomic E-state index is -1.14. The predicted molar refractivity (Wildman–Crippen MR) is 80.8 cm³/mol. The van der Waals surface area contributed by atoms with Gasteiger partial charge in [0.1, 0.15) is 0 Å². The molecule has 1 aromatic carbocycles. The number of methoxy groups -OCH3 is 1. The Kier molecular flexibility index (Phi) is 5.33. The maximum absolute atomic E-state index is 12.4. The molecule has 1 aliphatic rings. The van der Waals surface area contributed by atoms with Crippen LogP contribution in [0.15, 0.2) is 30.3 Å². The first-order chi connectivity index (χ1) is 10.1. The Bertz CT molecular complexity index is 466. The smallest absolute Gasteiger partial charge is 0.332 e. The largest absolute Gasteiger partial charge is 0.464 e. The summed E-state index contributed by atoms with van der Waals surface area (Å²) < 4.78 is 10.6. The van der Waals surface area contributed by atoms with E-state index in [1.807, 2.05) is 30.3 Å². The second-order valence-corrected chi connectivity index (χ2v) is 5.44. The van der Waals surface area contributed by atoms with Crippen molar-refractivity contribution in [3.8, 4) is 0 Å². The normalized spacial score (nSPS) is 22.0. The second kappa shape index (κ2) is 7.02. The Balaban J connectivity index is 2.18. The summed E-state index contributed by atoms with van der Waals surface area (Å²) in [6.45, 7) is 4.23. The van der Waals surface area contributed by atoms with E-state index < -0.39 is 5.54 Å². The van der Waals surface area contributed by atoms with Crippen LogP contribution < -0.4 is 5.73 Å². The topological polar surface area (TPSA) is 64.8 Å². The molecule has 0 aliphatic carbocycles. The quantitative estimate of drug-likeness (QED) is 0.796. The van der Waals surface area contributed by atoms with Crippen molar-refractivity contribution >= 4 is 5.97 Å². The maximum Gasteiger partial charge on any atom is 0.332 e. The van der Waals surface area contributed by atoms with E-state index in [2.05, 4.69) is 4.90 Å². The molecular formula is C16H24N2O3. The van der Waals surface area contributed by atoms with Gasteiger partial charge in [0.25, 0.3) is 0 Å². The van der Waals surface area contributed by atoms with E-state index in [1.54, 1.807) is 14.0 Å². The SMILES string of the molecule is CCOC(=O)C(N)(CN1CCC(OC)C1)c1ccccc1. The maximum atomic E-state index is 12.4. The van der Waals surface area contributed by atoms with Gasteiger partial charge in [-0.2, -0.15) is 0 Å². The van der Waals surface area contributed by atoms with E-state index in [1.165, 1.54) is 0 Å². The highest BCUT2D eigenvalue weighted by molar-refractivity contribution is 5.82. The molecule has 1 saturated heterocycles. The van der Waals surface area contributed by atoms with E-state index in [4.69, 9.17) is 15.2 Å². The van der Waals surface area contributed by atoms with Crippen molar-refractivity contribution in [2.24, 2.45) is 5.73 Å². The van der Waals surface area contributed by atoms with Gasteiger partial charge in [0, 0.05) is 26.7 Å². The standard InChI is InChI=1S/C16H24N2O3/c1-3-21-15(19)16(17,13-7-5-4-6-8-13)12-18-10-9-14(11-18)20-2/h4-8,14H,3,9-12,17H2,1-2H3. The van der Waals surface area contributed by atoms with E-state index in [9.17, 15) is 4.79 Å². The Morgan fingerprint density at radius 3 is 2.71 bits per heavy atom. The van der Waals surface area contributed by atoms with Crippen LogP contribution in [0.5, 0.6) is 0 Å².